The number of halogens is 2. The zero-order chi connectivity index (χ0) is 13.4. The highest BCUT2D eigenvalue weighted by molar-refractivity contribution is 5.92. The summed E-state index contributed by atoms with van der Waals surface area (Å²) < 4.78 is 27.0. The molecule has 4 heteroatoms. The molecule has 0 aromatic heterocycles. The first-order valence-corrected chi connectivity index (χ1v) is 5.50. The number of nitriles is 1. The third kappa shape index (κ3) is 1.78. The average Bonchev–Trinajstić information content (AvgIpc) is 2.30. The zero-order valence-electron chi connectivity index (χ0n) is 9.96. The van der Waals surface area contributed by atoms with Gasteiger partial charge in [0.1, 0.15) is 11.8 Å². The molecule has 92 valence electrons. The van der Waals surface area contributed by atoms with Crippen molar-refractivity contribution in [3.63, 3.8) is 0 Å². The van der Waals surface area contributed by atoms with Crippen LogP contribution in [0.5, 0.6) is 5.75 Å². The number of aromatic hydroxyl groups is 1. The van der Waals surface area contributed by atoms with Crippen molar-refractivity contribution in [2.45, 2.75) is 19.8 Å². The minimum absolute atomic E-state index is 0.0171. The summed E-state index contributed by atoms with van der Waals surface area (Å²) in [6.07, 6.45) is 0. The molecule has 2 rings (SSSR count). The second-order valence-corrected chi connectivity index (χ2v) is 4.45. The van der Waals surface area contributed by atoms with E-state index in [2.05, 4.69) is 0 Å². The van der Waals surface area contributed by atoms with Crippen molar-refractivity contribution in [2.24, 2.45) is 0 Å². The van der Waals surface area contributed by atoms with Crippen LogP contribution in [0.2, 0.25) is 0 Å². The van der Waals surface area contributed by atoms with Crippen LogP contribution in [0.3, 0.4) is 0 Å². The molecule has 0 heterocycles. The summed E-state index contributed by atoms with van der Waals surface area (Å²) in [5, 5.41) is 19.3. The molecule has 0 radical (unpaired) electrons. The molecule has 0 aliphatic rings. The highest BCUT2D eigenvalue weighted by Crippen LogP contribution is 2.34. The summed E-state index contributed by atoms with van der Waals surface area (Å²) in [5.74, 6) is -2.27. The number of hydrogen-bond acceptors (Lipinski definition) is 2. The average molecular weight is 247 g/mol. The van der Waals surface area contributed by atoms with Crippen molar-refractivity contribution in [3.8, 4) is 11.8 Å². The van der Waals surface area contributed by atoms with E-state index in [-0.39, 0.29) is 17.2 Å². The van der Waals surface area contributed by atoms with Crippen LogP contribution in [0.4, 0.5) is 8.78 Å². The second-order valence-electron chi connectivity index (χ2n) is 4.45. The lowest BCUT2D eigenvalue weighted by Crippen LogP contribution is -1.97. The first-order chi connectivity index (χ1) is 8.45. The maximum absolute atomic E-state index is 13.6. The van der Waals surface area contributed by atoms with Gasteiger partial charge >= 0.3 is 0 Å². The number of fused-ring (bicyclic) bond motifs is 1. The molecule has 0 unspecified atom stereocenters. The van der Waals surface area contributed by atoms with E-state index in [0.29, 0.717) is 16.3 Å². The second kappa shape index (κ2) is 4.26. The quantitative estimate of drug-likeness (QED) is 0.832. The molecule has 0 saturated heterocycles. The van der Waals surface area contributed by atoms with Crippen LogP contribution in [0.25, 0.3) is 10.8 Å². The SMILES string of the molecule is CC(C)c1cc(O)cc2cc(F)c(F)c(C#N)c12. The Morgan fingerprint density at radius 1 is 1.22 bits per heavy atom. The molecule has 0 bridgehead atoms. The zero-order valence-corrected chi connectivity index (χ0v) is 9.96. The Balaban J connectivity index is 3.03. The predicted molar refractivity (Wildman–Crippen MR) is 64.3 cm³/mol. The van der Waals surface area contributed by atoms with E-state index in [0.717, 1.165) is 6.07 Å². The van der Waals surface area contributed by atoms with Crippen molar-refractivity contribution < 1.29 is 13.9 Å². The van der Waals surface area contributed by atoms with Crippen molar-refractivity contribution in [2.75, 3.05) is 0 Å². The van der Waals surface area contributed by atoms with E-state index in [1.54, 1.807) is 6.07 Å². The van der Waals surface area contributed by atoms with E-state index >= 15 is 0 Å². The molecule has 0 saturated carbocycles. The minimum Gasteiger partial charge on any atom is -0.508 e. The largest absolute Gasteiger partial charge is 0.508 e. The van der Waals surface area contributed by atoms with Gasteiger partial charge in [0.15, 0.2) is 11.6 Å². The Hall–Kier alpha value is -2.15. The lowest BCUT2D eigenvalue weighted by molar-refractivity contribution is 0.474. The molecule has 0 aliphatic carbocycles. The Morgan fingerprint density at radius 3 is 2.44 bits per heavy atom. The predicted octanol–water partition coefficient (Wildman–Crippen LogP) is 3.82. The molecule has 0 amide bonds. The van der Waals surface area contributed by atoms with Gasteiger partial charge in [-0.15, -0.1) is 0 Å². The van der Waals surface area contributed by atoms with Gasteiger partial charge in [-0.25, -0.2) is 8.78 Å². The van der Waals surface area contributed by atoms with Crippen LogP contribution >= 0.6 is 0 Å². The standard InChI is InChI=1S/C14H11F2NO/c1-7(2)10-5-9(18)3-8-4-12(15)14(16)11(6-17)13(8)10/h3-5,7,18H,1-2H3. The highest BCUT2D eigenvalue weighted by atomic mass is 19.2. The van der Waals surface area contributed by atoms with Crippen molar-refractivity contribution in [1.29, 1.82) is 5.26 Å². The Kier molecular flexibility index (Phi) is 2.92. The first-order valence-electron chi connectivity index (χ1n) is 5.50. The summed E-state index contributed by atoms with van der Waals surface area (Å²) in [7, 11) is 0. The van der Waals surface area contributed by atoms with Crippen LogP contribution in [0, 0.1) is 23.0 Å². The monoisotopic (exact) mass is 247 g/mol. The molecule has 0 atom stereocenters. The van der Waals surface area contributed by atoms with Crippen molar-refractivity contribution in [1.82, 2.24) is 0 Å². The summed E-state index contributed by atoms with van der Waals surface area (Å²) in [4.78, 5) is 0. The number of phenolic OH excluding ortho intramolecular Hbond substituents is 1. The van der Waals surface area contributed by atoms with Gasteiger partial charge in [-0.2, -0.15) is 5.26 Å². The number of benzene rings is 2. The van der Waals surface area contributed by atoms with Gasteiger partial charge in [0, 0.05) is 5.39 Å². The first kappa shape index (κ1) is 12.3. The normalized spacial score (nSPS) is 10.9. The van der Waals surface area contributed by atoms with Gasteiger partial charge in [0.05, 0.1) is 5.56 Å². The van der Waals surface area contributed by atoms with Crippen LogP contribution in [-0.4, -0.2) is 5.11 Å². The van der Waals surface area contributed by atoms with E-state index < -0.39 is 11.6 Å². The summed E-state index contributed by atoms with van der Waals surface area (Å²) in [5.41, 5.74) is 0.314. The van der Waals surface area contributed by atoms with Crippen molar-refractivity contribution in [3.05, 3.63) is 41.0 Å². The molecule has 0 spiro atoms. The van der Waals surface area contributed by atoms with E-state index in [1.807, 2.05) is 13.8 Å². The van der Waals surface area contributed by atoms with E-state index in [1.165, 1.54) is 12.1 Å². The van der Waals surface area contributed by atoms with Crippen LogP contribution < -0.4 is 0 Å². The Bertz CT molecular complexity index is 672. The third-order valence-corrected chi connectivity index (χ3v) is 2.88. The van der Waals surface area contributed by atoms with Crippen LogP contribution in [0.15, 0.2) is 18.2 Å². The fourth-order valence-electron chi connectivity index (χ4n) is 2.06. The van der Waals surface area contributed by atoms with Gasteiger partial charge in [0.25, 0.3) is 0 Å². The third-order valence-electron chi connectivity index (χ3n) is 2.88. The van der Waals surface area contributed by atoms with Gasteiger partial charge in [-0.3, -0.25) is 0 Å². The molecule has 2 nitrogen and oxygen atoms in total. The number of hydrogen-bond donors (Lipinski definition) is 1. The molecule has 0 aliphatic heterocycles. The molecule has 2 aromatic carbocycles. The molecule has 1 N–H and O–H groups in total. The summed E-state index contributed by atoms with van der Waals surface area (Å²) >= 11 is 0. The van der Waals surface area contributed by atoms with Crippen LogP contribution in [-0.2, 0) is 0 Å². The number of rotatable bonds is 1. The molecular formula is C14H11F2NO. The highest BCUT2D eigenvalue weighted by Gasteiger charge is 2.18. The fourth-order valence-corrected chi connectivity index (χ4v) is 2.06. The maximum Gasteiger partial charge on any atom is 0.177 e. The van der Waals surface area contributed by atoms with Gasteiger partial charge in [-0.1, -0.05) is 13.8 Å². The van der Waals surface area contributed by atoms with E-state index in [4.69, 9.17) is 5.26 Å². The van der Waals surface area contributed by atoms with Gasteiger partial charge < -0.3 is 5.11 Å². The van der Waals surface area contributed by atoms with E-state index in [9.17, 15) is 13.9 Å². The fraction of sp³-hybridized carbons (Fsp3) is 0.214. The van der Waals surface area contributed by atoms with Crippen molar-refractivity contribution >= 4 is 10.8 Å². The summed E-state index contributed by atoms with van der Waals surface area (Å²) in [6.45, 7) is 3.72. The molecular weight excluding hydrogens is 236 g/mol. The lowest BCUT2D eigenvalue weighted by Gasteiger charge is -2.13. The summed E-state index contributed by atoms with van der Waals surface area (Å²) in [6, 6.07) is 5.50. The topological polar surface area (TPSA) is 44.0 Å². The number of nitrogens with zero attached hydrogens (tertiary/aromatic N) is 1. The smallest absolute Gasteiger partial charge is 0.177 e. The Morgan fingerprint density at radius 2 is 1.89 bits per heavy atom. The molecule has 0 fully saturated rings. The minimum atomic E-state index is -1.14. The lowest BCUT2D eigenvalue weighted by atomic mass is 9.92. The molecule has 18 heavy (non-hydrogen) atoms. The Labute approximate surface area is 103 Å². The maximum atomic E-state index is 13.6. The molecule has 2 aromatic rings. The number of phenols is 1. The van der Waals surface area contributed by atoms with Crippen LogP contribution in [0.1, 0.15) is 30.9 Å². The van der Waals surface area contributed by atoms with Gasteiger partial charge in [-0.05, 0) is 35.1 Å². The van der Waals surface area contributed by atoms with Gasteiger partial charge in [0.2, 0.25) is 0 Å².